The summed E-state index contributed by atoms with van der Waals surface area (Å²) < 4.78 is 54.7. The summed E-state index contributed by atoms with van der Waals surface area (Å²) in [6, 6.07) is 5.58. The number of hydrogen-bond acceptors (Lipinski definition) is 4. The minimum absolute atomic E-state index is 0. The monoisotopic (exact) mass is 372 g/mol. The predicted octanol–water partition coefficient (Wildman–Crippen LogP) is 2.67. The largest absolute Gasteiger partial charge is 0.461 e. The molecule has 1 aromatic carbocycles. The van der Waals surface area contributed by atoms with E-state index in [2.05, 4.69) is 15.0 Å². The third-order valence-electron chi connectivity index (χ3n) is 3.75. The van der Waals surface area contributed by atoms with Crippen LogP contribution in [0.5, 0.6) is 5.75 Å². The highest BCUT2D eigenvalue weighted by atomic mass is 35.5. The van der Waals surface area contributed by atoms with Crippen molar-refractivity contribution in [3.05, 3.63) is 29.8 Å². The van der Waals surface area contributed by atoms with Gasteiger partial charge in [-0.25, -0.2) is 0 Å². The van der Waals surface area contributed by atoms with E-state index in [-0.39, 0.29) is 30.8 Å². The van der Waals surface area contributed by atoms with Crippen LogP contribution in [0.15, 0.2) is 24.3 Å². The Balaban J connectivity index is 0.00000288. The molecule has 2 rings (SSSR count). The molecule has 1 heterocycles. The molecular weight excluding hydrogens is 352 g/mol. The number of alkyl halides is 4. The zero-order valence-electron chi connectivity index (χ0n) is 12.9. The molecule has 1 aliphatic heterocycles. The first-order valence-electron chi connectivity index (χ1n) is 7.44. The Morgan fingerprint density at radius 2 is 1.92 bits per heavy atom. The van der Waals surface area contributed by atoms with Crippen molar-refractivity contribution in [3.8, 4) is 5.75 Å². The van der Waals surface area contributed by atoms with E-state index in [0.717, 1.165) is 26.2 Å². The summed E-state index contributed by atoms with van der Waals surface area (Å²) in [5, 5.41) is 12.5. The van der Waals surface area contributed by atoms with Gasteiger partial charge in [-0.05, 0) is 24.1 Å². The molecule has 138 valence electrons. The highest BCUT2D eigenvalue weighted by molar-refractivity contribution is 5.85. The van der Waals surface area contributed by atoms with E-state index in [1.165, 1.54) is 18.2 Å². The van der Waals surface area contributed by atoms with Gasteiger partial charge in [-0.1, -0.05) is 12.1 Å². The number of benzene rings is 1. The Kier molecular flexibility index (Phi) is 8.21. The van der Waals surface area contributed by atoms with Gasteiger partial charge < -0.3 is 15.2 Å². The lowest BCUT2D eigenvalue weighted by Crippen LogP contribution is -2.45. The second kappa shape index (κ2) is 9.41. The minimum Gasteiger partial charge on any atom is -0.428 e. The number of piperazine rings is 1. The van der Waals surface area contributed by atoms with Gasteiger partial charge in [-0.2, -0.15) is 17.6 Å². The number of aliphatic hydroxyl groups excluding tert-OH is 1. The number of aliphatic hydroxyl groups is 1. The average molecular weight is 373 g/mol. The minimum atomic E-state index is -4.53. The van der Waals surface area contributed by atoms with Gasteiger partial charge in [0, 0.05) is 38.8 Å². The van der Waals surface area contributed by atoms with Gasteiger partial charge in [0.25, 0.3) is 0 Å². The van der Waals surface area contributed by atoms with Gasteiger partial charge in [0.1, 0.15) is 5.75 Å². The lowest BCUT2D eigenvalue weighted by Gasteiger charge is -2.35. The summed E-state index contributed by atoms with van der Waals surface area (Å²) in [5.41, 5.74) is 0.656. The smallest absolute Gasteiger partial charge is 0.428 e. The number of nitrogens with zero attached hydrogens (tertiary/aromatic N) is 1. The van der Waals surface area contributed by atoms with Crippen molar-refractivity contribution in [2.24, 2.45) is 0 Å². The van der Waals surface area contributed by atoms with Crippen molar-refractivity contribution < 1.29 is 27.4 Å². The van der Waals surface area contributed by atoms with Crippen LogP contribution in [-0.4, -0.2) is 55.3 Å². The van der Waals surface area contributed by atoms with Crippen molar-refractivity contribution in [1.82, 2.24) is 10.2 Å². The number of ether oxygens (including phenoxy) is 1. The first-order valence-corrected chi connectivity index (χ1v) is 7.44. The maximum Gasteiger partial charge on any atom is 0.461 e. The number of halogens is 5. The molecule has 1 fully saturated rings. The number of hydrogen-bond donors (Lipinski definition) is 2. The van der Waals surface area contributed by atoms with Crippen LogP contribution in [0.2, 0.25) is 0 Å². The SMILES string of the molecule is Cl.OCC[C@@H](c1cccc(OC(F)(F)C(F)F)c1)N1CCNCC1. The van der Waals surface area contributed by atoms with Gasteiger partial charge in [0.05, 0.1) is 0 Å². The molecule has 1 aromatic rings. The molecule has 1 atom stereocenters. The summed E-state index contributed by atoms with van der Waals surface area (Å²) in [6.07, 6.45) is -8.00. The molecule has 0 aromatic heterocycles. The van der Waals surface area contributed by atoms with Crippen LogP contribution >= 0.6 is 12.4 Å². The van der Waals surface area contributed by atoms with Crippen LogP contribution < -0.4 is 10.1 Å². The highest BCUT2D eigenvalue weighted by Gasteiger charge is 2.44. The van der Waals surface area contributed by atoms with E-state index in [4.69, 9.17) is 0 Å². The molecule has 0 radical (unpaired) electrons. The molecule has 2 N–H and O–H groups in total. The molecule has 0 spiro atoms. The van der Waals surface area contributed by atoms with E-state index in [9.17, 15) is 22.7 Å². The maximum atomic E-state index is 13.0. The van der Waals surface area contributed by atoms with Crippen LogP contribution in [0.4, 0.5) is 17.6 Å². The van der Waals surface area contributed by atoms with Crippen LogP contribution in [0, 0.1) is 0 Å². The van der Waals surface area contributed by atoms with Gasteiger partial charge in [0.2, 0.25) is 0 Å². The van der Waals surface area contributed by atoms with E-state index >= 15 is 0 Å². The Morgan fingerprint density at radius 1 is 1.25 bits per heavy atom. The summed E-state index contributed by atoms with van der Waals surface area (Å²) in [5.74, 6) is -0.314. The van der Waals surface area contributed by atoms with E-state index in [1.54, 1.807) is 6.07 Å². The molecule has 0 saturated carbocycles. The van der Waals surface area contributed by atoms with Crippen LogP contribution in [0.25, 0.3) is 0 Å². The zero-order chi connectivity index (χ0) is 16.9. The molecule has 0 unspecified atom stereocenters. The van der Waals surface area contributed by atoms with Crippen molar-refractivity contribution in [2.75, 3.05) is 32.8 Å². The van der Waals surface area contributed by atoms with Gasteiger partial charge in [0.15, 0.2) is 0 Å². The number of nitrogens with one attached hydrogen (secondary N) is 1. The first kappa shape index (κ1) is 21.0. The van der Waals surface area contributed by atoms with E-state index < -0.39 is 12.5 Å². The van der Waals surface area contributed by atoms with Crippen molar-refractivity contribution in [1.29, 1.82) is 0 Å². The molecule has 0 amide bonds. The highest BCUT2D eigenvalue weighted by Crippen LogP contribution is 2.31. The average Bonchev–Trinajstić information content (AvgIpc) is 2.53. The Hall–Kier alpha value is -1.09. The normalized spacial score (nSPS) is 17.4. The predicted molar refractivity (Wildman–Crippen MR) is 84.2 cm³/mol. The molecule has 1 aliphatic rings. The van der Waals surface area contributed by atoms with E-state index in [1.807, 2.05) is 0 Å². The molecule has 9 heteroatoms. The third kappa shape index (κ3) is 5.47. The summed E-state index contributed by atoms with van der Waals surface area (Å²) >= 11 is 0. The molecule has 4 nitrogen and oxygen atoms in total. The zero-order valence-corrected chi connectivity index (χ0v) is 13.7. The fraction of sp³-hybridized carbons (Fsp3) is 0.600. The van der Waals surface area contributed by atoms with Crippen LogP contribution in [0.3, 0.4) is 0 Å². The fourth-order valence-corrected chi connectivity index (χ4v) is 2.66. The van der Waals surface area contributed by atoms with Crippen molar-refractivity contribution >= 4 is 12.4 Å². The maximum absolute atomic E-state index is 13.0. The van der Waals surface area contributed by atoms with E-state index in [0.29, 0.717) is 12.0 Å². The molecule has 1 saturated heterocycles. The van der Waals surface area contributed by atoms with Gasteiger partial charge in [-0.15, -0.1) is 12.4 Å². The number of rotatable bonds is 7. The molecule has 0 bridgehead atoms. The lowest BCUT2D eigenvalue weighted by molar-refractivity contribution is -0.253. The summed E-state index contributed by atoms with van der Waals surface area (Å²) in [7, 11) is 0. The summed E-state index contributed by atoms with van der Waals surface area (Å²) in [6.45, 7) is 3.03. The molecule has 24 heavy (non-hydrogen) atoms. The first-order chi connectivity index (χ1) is 10.9. The van der Waals surface area contributed by atoms with Gasteiger partial charge in [-0.3, -0.25) is 4.90 Å². The second-order valence-electron chi connectivity index (χ2n) is 5.35. The Morgan fingerprint density at radius 3 is 2.50 bits per heavy atom. The van der Waals surface area contributed by atoms with Crippen molar-refractivity contribution in [3.63, 3.8) is 0 Å². The molecule has 0 aliphatic carbocycles. The standard InChI is InChI=1S/C15H20F4N2O2.ClH/c16-14(17)15(18,19)23-12-3-1-2-11(10-12)13(4-9-22)21-7-5-20-6-8-21;/h1-3,10,13-14,20,22H,4-9H2;1H/t13-;/m0./s1. The lowest BCUT2D eigenvalue weighted by atomic mass is 10.0. The van der Waals surface area contributed by atoms with Crippen LogP contribution in [0.1, 0.15) is 18.0 Å². The fourth-order valence-electron chi connectivity index (χ4n) is 2.66. The second-order valence-corrected chi connectivity index (χ2v) is 5.35. The van der Waals surface area contributed by atoms with Crippen LogP contribution in [-0.2, 0) is 0 Å². The molecular formula is C15H21ClF4N2O2. The van der Waals surface area contributed by atoms with Gasteiger partial charge >= 0.3 is 12.5 Å². The Bertz CT molecular complexity index is 502. The quantitative estimate of drug-likeness (QED) is 0.722. The summed E-state index contributed by atoms with van der Waals surface area (Å²) in [4.78, 5) is 2.12. The Labute approximate surface area is 144 Å². The topological polar surface area (TPSA) is 44.7 Å². The van der Waals surface area contributed by atoms with Crippen molar-refractivity contribution in [2.45, 2.75) is 25.0 Å². The third-order valence-corrected chi connectivity index (χ3v) is 3.75.